The average molecular weight is 321 g/mol. The van der Waals surface area contributed by atoms with E-state index in [4.69, 9.17) is 9.68 Å². The Kier molecular flexibility index (Phi) is 2.46. The molecule has 74 valence electrons. The second-order valence-electron chi connectivity index (χ2n) is 3.44. The molecule has 1 aliphatic rings. The van der Waals surface area contributed by atoms with Gasteiger partial charge < -0.3 is 9.52 Å². The minimum Gasteiger partial charge on any atom is -0.450 e. The van der Waals surface area contributed by atoms with Crippen LogP contribution in [-0.2, 0) is 0 Å². The summed E-state index contributed by atoms with van der Waals surface area (Å²) in [6.07, 6.45) is 0.649. The number of halogens is 2. The van der Waals surface area contributed by atoms with Crippen molar-refractivity contribution in [3.8, 4) is 6.07 Å². The van der Waals surface area contributed by atoms with E-state index >= 15 is 0 Å². The number of rotatable bonds is 2. The molecule has 14 heavy (non-hydrogen) atoms. The van der Waals surface area contributed by atoms with Crippen LogP contribution >= 0.6 is 31.9 Å². The fourth-order valence-corrected chi connectivity index (χ4v) is 1.96. The number of nitrogens with zero attached hydrogens (tertiary/aromatic N) is 1. The Hall–Kier alpha value is -0.310. The Balaban J connectivity index is 2.28. The first-order valence-electron chi connectivity index (χ1n) is 4.13. The highest BCUT2D eigenvalue weighted by Gasteiger charge is 2.51. The monoisotopic (exact) mass is 319 g/mol. The lowest BCUT2D eigenvalue weighted by Gasteiger charge is -2.11. The van der Waals surface area contributed by atoms with Crippen molar-refractivity contribution in [1.29, 1.82) is 5.26 Å². The summed E-state index contributed by atoms with van der Waals surface area (Å²) in [6, 6.07) is 3.83. The van der Waals surface area contributed by atoms with Gasteiger partial charge in [-0.05, 0) is 50.8 Å². The van der Waals surface area contributed by atoms with Gasteiger partial charge in [0.2, 0.25) is 0 Å². The van der Waals surface area contributed by atoms with Gasteiger partial charge in [-0.2, -0.15) is 5.26 Å². The van der Waals surface area contributed by atoms with Crippen LogP contribution in [0.25, 0.3) is 0 Å². The van der Waals surface area contributed by atoms with Gasteiger partial charge in [0.25, 0.3) is 0 Å². The van der Waals surface area contributed by atoms with Crippen LogP contribution in [0.3, 0.4) is 0 Å². The first-order valence-corrected chi connectivity index (χ1v) is 5.72. The van der Waals surface area contributed by atoms with Crippen LogP contribution in [0.4, 0.5) is 0 Å². The zero-order chi connectivity index (χ0) is 10.3. The quantitative estimate of drug-likeness (QED) is 0.910. The van der Waals surface area contributed by atoms with E-state index in [-0.39, 0.29) is 0 Å². The summed E-state index contributed by atoms with van der Waals surface area (Å²) < 4.78 is 6.57. The third kappa shape index (κ3) is 1.52. The van der Waals surface area contributed by atoms with Gasteiger partial charge in [-0.1, -0.05) is 0 Å². The van der Waals surface area contributed by atoms with Gasteiger partial charge in [-0.25, -0.2) is 0 Å². The number of nitriles is 1. The van der Waals surface area contributed by atoms with Crippen molar-refractivity contribution in [3.05, 3.63) is 21.0 Å². The molecule has 0 radical (unpaired) electrons. The highest BCUT2D eigenvalue weighted by molar-refractivity contribution is 9.13. The van der Waals surface area contributed by atoms with Crippen molar-refractivity contribution < 1.29 is 9.52 Å². The molecular formula is C9H7Br2NO2. The fourth-order valence-electron chi connectivity index (χ4n) is 1.35. The number of furan rings is 1. The molecule has 3 nitrogen and oxygen atoms in total. The molecule has 2 rings (SSSR count). The van der Waals surface area contributed by atoms with Crippen molar-refractivity contribution in [3.63, 3.8) is 0 Å². The summed E-state index contributed by atoms with van der Waals surface area (Å²) in [5.41, 5.74) is -0.614. The topological polar surface area (TPSA) is 57.2 Å². The van der Waals surface area contributed by atoms with E-state index in [0.29, 0.717) is 10.4 Å². The second kappa shape index (κ2) is 3.37. The van der Waals surface area contributed by atoms with Crippen LogP contribution in [0.5, 0.6) is 0 Å². The maximum atomic E-state index is 9.89. The van der Waals surface area contributed by atoms with Crippen molar-refractivity contribution in [2.45, 2.75) is 18.9 Å². The lowest BCUT2D eigenvalue weighted by Crippen LogP contribution is -2.10. The van der Waals surface area contributed by atoms with Gasteiger partial charge in [0.05, 0.1) is 16.0 Å². The summed E-state index contributed by atoms with van der Waals surface area (Å²) >= 11 is 6.44. The van der Waals surface area contributed by atoms with Gasteiger partial charge in [0.15, 0.2) is 4.67 Å². The molecule has 1 unspecified atom stereocenters. The predicted molar refractivity (Wildman–Crippen MR) is 56.3 cm³/mol. The number of aliphatic hydroxyl groups is 1. The molecule has 1 saturated carbocycles. The van der Waals surface area contributed by atoms with Crippen LogP contribution < -0.4 is 0 Å². The Morgan fingerprint density at radius 1 is 1.57 bits per heavy atom. The standard InChI is InChI=1S/C9H7Br2NO2/c10-5-3-6(14-8(5)11)7(13)9(4-12)1-2-9/h3,7,13H,1-2H2. The van der Waals surface area contributed by atoms with Crippen LogP contribution in [0.15, 0.2) is 19.6 Å². The molecule has 1 heterocycles. The second-order valence-corrected chi connectivity index (χ2v) is 5.02. The molecule has 1 atom stereocenters. The third-order valence-electron chi connectivity index (χ3n) is 2.47. The minimum absolute atomic E-state index is 0.433. The molecule has 0 bridgehead atoms. The van der Waals surface area contributed by atoms with Gasteiger partial charge in [-0.3, -0.25) is 0 Å². The normalized spacial score (nSPS) is 20.1. The van der Waals surface area contributed by atoms with Crippen LogP contribution in [0, 0.1) is 16.7 Å². The SMILES string of the molecule is N#CC1(C(O)c2cc(Br)c(Br)o2)CC1. The number of hydrogen-bond donors (Lipinski definition) is 1. The number of aliphatic hydroxyl groups excluding tert-OH is 1. The van der Waals surface area contributed by atoms with E-state index in [1.165, 1.54) is 0 Å². The smallest absolute Gasteiger partial charge is 0.183 e. The summed E-state index contributed by atoms with van der Waals surface area (Å²) in [5.74, 6) is 0.433. The summed E-state index contributed by atoms with van der Waals surface area (Å²) in [7, 11) is 0. The average Bonchev–Trinajstić information content (AvgIpc) is 2.90. The van der Waals surface area contributed by atoms with E-state index in [9.17, 15) is 5.11 Å². The molecule has 0 saturated heterocycles. The van der Waals surface area contributed by atoms with E-state index in [2.05, 4.69) is 37.9 Å². The van der Waals surface area contributed by atoms with Gasteiger partial charge in [-0.15, -0.1) is 0 Å². The molecule has 1 fully saturated rings. The van der Waals surface area contributed by atoms with Crippen molar-refractivity contribution >= 4 is 31.9 Å². The Morgan fingerprint density at radius 3 is 2.57 bits per heavy atom. The van der Waals surface area contributed by atoms with E-state index in [0.717, 1.165) is 17.3 Å². The Labute approximate surface area is 98.0 Å². The molecule has 0 aromatic carbocycles. The van der Waals surface area contributed by atoms with Crippen LogP contribution in [-0.4, -0.2) is 5.11 Å². The minimum atomic E-state index is -0.824. The first kappa shape index (κ1) is 10.2. The lowest BCUT2D eigenvalue weighted by atomic mass is 9.99. The molecule has 0 amide bonds. The highest BCUT2D eigenvalue weighted by Crippen LogP contribution is 2.55. The number of hydrogen-bond acceptors (Lipinski definition) is 3. The zero-order valence-corrected chi connectivity index (χ0v) is 10.3. The van der Waals surface area contributed by atoms with E-state index < -0.39 is 11.5 Å². The van der Waals surface area contributed by atoms with Gasteiger partial charge in [0, 0.05) is 0 Å². The van der Waals surface area contributed by atoms with Gasteiger partial charge in [0.1, 0.15) is 11.9 Å². The van der Waals surface area contributed by atoms with Crippen LogP contribution in [0.1, 0.15) is 24.7 Å². The zero-order valence-electron chi connectivity index (χ0n) is 7.13. The summed E-state index contributed by atoms with van der Waals surface area (Å²) in [6.45, 7) is 0. The summed E-state index contributed by atoms with van der Waals surface area (Å²) in [4.78, 5) is 0. The lowest BCUT2D eigenvalue weighted by molar-refractivity contribution is 0.0975. The summed E-state index contributed by atoms with van der Waals surface area (Å²) in [5, 5.41) is 18.8. The molecule has 0 spiro atoms. The Bertz CT molecular complexity index is 384. The van der Waals surface area contributed by atoms with E-state index in [1.54, 1.807) is 6.07 Å². The van der Waals surface area contributed by atoms with E-state index in [1.807, 2.05) is 0 Å². The maximum absolute atomic E-state index is 9.89. The third-order valence-corrected chi connectivity index (χ3v) is 4.18. The molecular weight excluding hydrogens is 314 g/mol. The van der Waals surface area contributed by atoms with Crippen molar-refractivity contribution in [2.24, 2.45) is 5.41 Å². The molecule has 1 N–H and O–H groups in total. The van der Waals surface area contributed by atoms with Crippen LogP contribution in [0.2, 0.25) is 0 Å². The predicted octanol–water partition coefficient (Wildman–Crippen LogP) is 3.14. The Morgan fingerprint density at radius 2 is 2.21 bits per heavy atom. The van der Waals surface area contributed by atoms with Crippen molar-refractivity contribution in [1.82, 2.24) is 0 Å². The highest BCUT2D eigenvalue weighted by atomic mass is 79.9. The fraction of sp³-hybridized carbons (Fsp3) is 0.444. The largest absolute Gasteiger partial charge is 0.450 e. The molecule has 1 aromatic heterocycles. The molecule has 5 heteroatoms. The molecule has 1 aromatic rings. The van der Waals surface area contributed by atoms with Gasteiger partial charge >= 0.3 is 0 Å². The molecule has 0 aliphatic heterocycles. The maximum Gasteiger partial charge on any atom is 0.183 e. The van der Waals surface area contributed by atoms with Crippen molar-refractivity contribution in [2.75, 3.05) is 0 Å². The first-order chi connectivity index (χ1) is 6.59. The molecule has 1 aliphatic carbocycles.